The van der Waals surface area contributed by atoms with E-state index in [4.69, 9.17) is 26.8 Å². The van der Waals surface area contributed by atoms with E-state index in [0.29, 0.717) is 13.2 Å². The van der Waals surface area contributed by atoms with Gasteiger partial charge < -0.3 is 15.2 Å². The Bertz CT molecular complexity index is 377. The highest BCUT2D eigenvalue weighted by Crippen LogP contribution is 2.26. The van der Waals surface area contributed by atoms with Gasteiger partial charge in [0, 0.05) is 51.5 Å². The fourth-order valence-corrected chi connectivity index (χ4v) is 2.52. The van der Waals surface area contributed by atoms with Crippen molar-refractivity contribution in [3.8, 4) is 0 Å². The van der Waals surface area contributed by atoms with Crippen LogP contribution in [0.5, 0.6) is 0 Å². The monoisotopic (exact) mass is 300 g/mol. The molecule has 0 aromatic heterocycles. The Morgan fingerprint density at radius 1 is 1.15 bits per heavy atom. The molecule has 5 heteroatoms. The fraction of sp³-hybridized carbons (Fsp3) is 0.600. The van der Waals surface area contributed by atoms with Crippen molar-refractivity contribution in [1.82, 2.24) is 4.90 Å². The zero-order chi connectivity index (χ0) is 14.8. The first kappa shape index (κ1) is 17.4. The number of methoxy groups -OCH3 is 2. The maximum atomic E-state index is 6.30. The molecule has 0 saturated heterocycles. The van der Waals surface area contributed by atoms with Crippen LogP contribution in [0.15, 0.2) is 24.3 Å². The second kappa shape index (κ2) is 10.1. The first-order valence-electron chi connectivity index (χ1n) is 6.91. The van der Waals surface area contributed by atoms with E-state index < -0.39 is 0 Å². The molecule has 0 saturated carbocycles. The maximum Gasteiger partial charge on any atom is 0.0589 e. The topological polar surface area (TPSA) is 47.7 Å². The molecule has 2 N–H and O–H groups in total. The number of nitrogens with two attached hydrogens (primary N) is 1. The third kappa shape index (κ3) is 5.38. The summed E-state index contributed by atoms with van der Waals surface area (Å²) in [6, 6.07) is 7.98. The van der Waals surface area contributed by atoms with E-state index in [9.17, 15) is 0 Å². The second-order valence-electron chi connectivity index (χ2n) is 4.65. The van der Waals surface area contributed by atoms with Crippen molar-refractivity contribution in [3.05, 3.63) is 34.9 Å². The molecule has 1 aromatic carbocycles. The molecule has 0 spiro atoms. The van der Waals surface area contributed by atoms with Crippen LogP contribution in [-0.2, 0) is 9.47 Å². The van der Waals surface area contributed by atoms with Crippen molar-refractivity contribution in [2.45, 2.75) is 12.5 Å². The highest BCUT2D eigenvalue weighted by Gasteiger charge is 2.20. The Morgan fingerprint density at radius 2 is 1.85 bits per heavy atom. The highest BCUT2D eigenvalue weighted by molar-refractivity contribution is 6.31. The fourth-order valence-electron chi connectivity index (χ4n) is 2.26. The van der Waals surface area contributed by atoms with Gasteiger partial charge in [0.05, 0.1) is 6.61 Å². The Kier molecular flexibility index (Phi) is 8.82. The minimum atomic E-state index is 0.107. The van der Waals surface area contributed by atoms with Crippen LogP contribution >= 0.6 is 11.6 Å². The zero-order valence-electron chi connectivity index (χ0n) is 12.3. The third-order valence-electron chi connectivity index (χ3n) is 3.30. The minimum absolute atomic E-state index is 0.107. The van der Waals surface area contributed by atoms with Crippen molar-refractivity contribution in [2.75, 3.05) is 47.1 Å². The number of benzene rings is 1. The lowest BCUT2D eigenvalue weighted by Gasteiger charge is -2.31. The molecule has 1 unspecified atom stereocenters. The maximum absolute atomic E-state index is 6.30. The van der Waals surface area contributed by atoms with Gasteiger partial charge in [-0.3, -0.25) is 4.90 Å². The summed E-state index contributed by atoms with van der Waals surface area (Å²) in [5.41, 5.74) is 7.05. The molecule has 1 aromatic rings. The SMILES string of the molecule is COCCCN(CCOC)C(CN)c1ccccc1Cl. The van der Waals surface area contributed by atoms with Gasteiger partial charge in [0.25, 0.3) is 0 Å². The smallest absolute Gasteiger partial charge is 0.0589 e. The predicted molar refractivity (Wildman–Crippen MR) is 83.2 cm³/mol. The van der Waals surface area contributed by atoms with Crippen LogP contribution < -0.4 is 5.73 Å². The van der Waals surface area contributed by atoms with Crippen LogP contribution in [0, 0.1) is 0 Å². The van der Waals surface area contributed by atoms with Gasteiger partial charge in [-0.2, -0.15) is 0 Å². The van der Waals surface area contributed by atoms with Crippen LogP contribution in [0.1, 0.15) is 18.0 Å². The van der Waals surface area contributed by atoms with Crippen molar-refractivity contribution >= 4 is 11.6 Å². The summed E-state index contributed by atoms with van der Waals surface area (Å²) in [4.78, 5) is 2.31. The molecule has 114 valence electrons. The number of rotatable bonds is 10. The van der Waals surface area contributed by atoms with E-state index in [0.717, 1.165) is 36.7 Å². The molecule has 1 rings (SSSR count). The average molecular weight is 301 g/mol. The lowest BCUT2D eigenvalue weighted by molar-refractivity contribution is 0.108. The van der Waals surface area contributed by atoms with E-state index >= 15 is 0 Å². The minimum Gasteiger partial charge on any atom is -0.385 e. The predicted octanol–water partition coefficient (Wildman–Crippen LogP) is 2.32. The molecular weight excluding hydrogens is 276 g/mol. The molecule has 0 aliphatic heterocycles. The number of hydrogen-bond donors (Lipinski definition) is 1. The molecule has 0 amide bonds. The van der Waals surface area contributed by atoms with E-state index in [2.05, 4.69) is 4.90 Å². The van der Waals surface area contributed by atoms with Gasteiger partial charge in [-0.05, 0) is 18.1 Å². The normalized spacial score (nSPS) is 12.8. The first-order chi connectivity index (χ1) is 9.74. The number of ether oxygens (including phenoxy) is 2. The summed E-state index contributed by atoms with van der Waals surface area (Å²) < 4.78 is 10.3. The van der Waals surface area contributed by atoms with Crippen LogP contribution in [0.3, 0.4) is 0 Å². The first-order valence-corrected chi connectivity index (χ1v) is 7.28. The van der Waals surface area contributed by atoms with Gasteiger partial charge in [0.15, 0.2) is 0 Å². The van der Waals surface area contributed by atoms with E-state index in [1.165, 1.54) is 0 Å². The summed E-state index contributed by atoms with van der Waals surface area (Å²) >= 11 is 6.30. The molecule has 4 nitrogen and oxygen atoms in total. The van der Waals surface area contributed by atoms with Gasteiger partial charge in [0.2, 0.25) is 0 Å². The van der Waals surface area contributed by atoms with Gasteiger partial charge in [-0.25, -0.2) is 0 Å². The molecule has 0 aliphatic rings. The van der Waals surface area contributed by atoms with Crippen molar-refractivity contribution in [3.63, 3.8) is 0 Å². The van der Waals surface area contributed by atoms with Gasteiger partial charge >= 0.3 is 0 Å². The molecular formula is C15H25ClN2O2. The number of hydrogen-bond acceptors (Lipinski definition) is 4. The van der Waals surface area contributed by atoms with Crippen LogP contribution in [-0.4, -0.2) is 52.0 Å². The summed E-state index contributed by atoms with van der Waals surface area (Å²) in [5.74, 6) is 0. The highest BCUT2D eigenvalue weighted by atomic mass is 35.5. The Morgan fingerprint density at radius 3 is 2.45 bits per heavy atom. The molecule has 0 bridgehead atoms. The summed E-state index contributed by atoms with van der Waals surface area (Å²) in [7, 11) is 3.42. The Labute approximate surface area is 126 Å². The standard InChI is InChI=1S/C15H25ClN2O2/c1-19-10-5-8-18(9-11-20-2)15(12-17)13-6-3-4-7-14(13)16/h3-4,6-7,15H,5,8-12,17H2,1-2H3. The van der Waals surface area contributed by atoms with Crippen molar-refractivity contribution in [2.24, 2.45) is 5.73 Å². The summed E-state index contributed by atoms with van der Waals surface area (Å²) in [6.45, 7) is 3.68. The quantitative estimate of drug-likeness (QED) is 0.674. The lowest BCUT2D eigenvalue weighted by atomic mass is 10.0. The van der Waals surface area contributed by atoms with Crippen LogP contribution in [0.2, 0.25) is 5.02 Å². The third-order valence-corrected chi connectivity index (χ3v) is 3.65. The Hall–Kier alpha value is -0.650. The van der Waals surface area contributed by atoms with Crippen LogP contribution in [0.25, 0.3) is 0 Å². The second-order valence-corrected chi connectivity index (χ2v) is 5.06. The molecule has 0 fully saturated rings. The number of nitrogens with zero attached hydrogens (tertiary/aromatic N) is 1. The molecule has 0 heterocycles. The molecule has 0 aliphatic carbocycles. The largest absolute Gasteiger partial charge is 0.385 e. The summed E-state index contributed by atoms with van der Waals surface area (Å²) in [6.07, 6.45) is 0.959. The van der Waals surface area contributed by atoms with Gasteiger partial charge in [-0.1, -0.05) is 29.8 Å². The van der Waals surface area contributed by atoms with Crippen molar-refractivity contribution < 1.29 is 9.47 Å². The van der Waals surface area contributed by atoms with E-state index in [1.54, 1.807) is 14.2 Å². The van der Waals surface area contributed by atoms with Crippen molar-refractivity contribution in [1.29, 1.82) is 0 Å². The van der Waals surface area contributed by atoms with E-state index in [-0.39, 0.29) is 6.04 Å². The molecule has 20 heavy (non-hydrogen) atoms. The van der Waals surface area contributed by atoms with Gasteiger partial charge in [-0.15, -0.1) is 0 Å². The van der Waals surface area contributed by atoms with Crippen LogP contribution in [0.4, 0.5) is 0 Å². The zero-order valence-corrected chi connectivity index (χ0v) is 13.1. The Balaban J connectivity index is 2.80. The van der Waals surface area contributed by atoms with E-state index in [1.807, 2.05) is 24.3 Å². The van der Waals surface area contributed by atoms with Gasteiger partial charge in [0.1, 0.15) is 0 Å². The average Bonchev–Trinajstić information content (AvgIpc) is 2.46. The number of halogens is 1. The summed E-state index contributed by atoms with van der Waals surface area (Å²) in [5, 5.41) is 0.761. The lowest BCUT2D eigenvalue weighted by Crippen LogP contribution is -2.37. The molecule has 0 radical (unpaired) electrons. The molecule has 1 atom stereocenters.